The van der Waals surface area contributed by atoms with Crippen LogP contribution in [0.15, 0.2) is 146 Å². The van der Waals surface area contributed by atoms with Gasteiger partial charge in [-0.05, 0) is 88.9 Å². The minimum atomic E-state index is -0.742. The van der Waals surface area contributed by atoms with Gasteiger partial charge in [0.25, 0.3) is 0 Å². The van der Waals surface area contributed by atoms with E-state index in [2.05, 4.69) is 178 Å². The number of carboxylic acids is 1. The van der Waals surface area contributed by atoms with Crippen molar-refractivity contribution in [2.45, 2.75) is 128 Å². The zero-order valence-corrected chi connectivity index (χ0v) is 34.4. The molecule has 4 heteroatoms. The van der Waals surface area contributed by atoms with E-state index in [1.807, 2.05) is 12.2 Å². The fourth-order valence-corrected chi connectivity index (χ4v) is 5.49. The number of carboxylic acid groups (broad SMARTS) is 1. The predicted molar refractivity (Wildman–Crippen MR) is 234 cm³/mol. The zero-order valence-electron chi connectivity index (χ0n) is 32.3. The van der Waals surface area contributed by atoms with Gasteiger partial charge in [-0.25, -0.2) is 0 Å². The maximum absolute atomic E-state index is 10.3. The fraction of sp³-hybridized carbons (Fsp3) is 0.468. The van der Waals surface area contributed by atoms with Gasteiger partial charge in [0.2, 0.25) is 0 Å². The second-order valence-electron chi connectivity index (χ2n) is 12.8. The third-order valence-electron chi connectivity index (χ3n) is 7.70. The first-order valence-corrected chi connectivity index (χ1v) is 20.5. The van der Waals surface area contributed by atoms with Crippen LogP contribution in [0.2, 0.25) is 0 Å². The Bertz CT molecular complexity index is 1200. The molecule has 3 nitrogen and oxygen atoms in total. The summed E-state index contributed by atoms with van der Waals surface area (Å²) in [4.78, 5) is 10.3. The first-order chi connectivity index (χ1) is 24.8. The summed E-state index contributed by atoms with van der Waals surface area (Å²) >= 11 is 2.50. The summed E-state index contributed by atoms with van der Waals surface area (Å²) in [6.45, 7) is 12.7. The van der Waals surface area contributed by atoms with Crippen molar-refractivity contribution in [1.29, 1.82) is 0 Å². The van der Waals surface area contributed by atoms with Crippen LogP contribution in [-0.4, -0.2) is 21.1 Å². The van der Waals surface area contributed by atoms with Crippen LogP contribution in [0.1, 0.15) is 118 Å². The second kappa shape index (κ2) is 36.7. The molecule has 0 radical (unpaired) electrons. The highest BCUT2D eigenvalue weighted by Crippen LogP contribution is 2.29. The van der Waals surface area contributed by atoms with E-state index < -0.39 is 5.97 Å². The molecule has 0 aromatic heterocycles. The van der Waals surface area contributed by atoms with Gasteiger partial charge in [-0.1, -0.05) is 191 Å². The molecular formula is C47H69IO3. The summed E-state index contributed by atoms with van der Waals surface area (Å²) in [6, 6.07) is 0. The zero-order chi connectivity index (χ0) is 37.6. The van der Waals surface area contributed by atoms with E-state index in [1.165, 1.54) is 0 Å². The van der Waals surface area contributed by atoms with Crippen LogP contribution < -0.4 is 0 Å². The molecule has 0 saturated carbocycles. The van der Waals surface area contributed by atoms with E-state index in [0.717, 1.165) is 82.8 Å². The molecule has 1 fully saturated rings. The van der Waals surface area contributed by atoms with Crippen LogP contribution in [0.3, 0.4) is 0 Å². The van der Waals surface area contributed by atoms with Gasteiger partial charge in [-0.3, -0.25) is 4.79 Å². The fourth-order valence-electron chi connectivity index (χ4n) is 4.69. The monoisotopic (exact) mass is 808 g/mol. The summed E-state index contributed by atoms with van der Waals surface area (Å²) in [5, 5.41) is 8.50. The molecule has 0 bridgehead atoms. The average molecular weight is 809 g/mol. The summed E-state index contributed by atoms with van der Waals surface area (Å²) in [6.07, 6.45) is 61.5. The molecule has 0 aromatic carbocycles. The number of rotatable bonds is 26. The van der Waals surface area contributed by atoms with Gasteiger partial charge in [0, 0.05) is 12.8 Å². The molecular weight excluding hydrogens is 739 g/mol. The summed E-state index contributed by atoms with van der Waals surface area (Å²) in [5.41, 5.74) is 0. The minimum Gasteiger partial charge on any atom is -0.494 e. The van der Waals surface area contributed by atoms with E-state index >= 15 is 0 Å². The molecule has 4 atom stereocenters. The number of carbonyl (C=O) groups is 1. The molecule has 51 heavy (non-hydrogen) atoms. The molecule has 0 amide bonds. The quantitative estimate of drug-likeness (QED) is 0.0410. The highest BCUT2D eigenvalue weighted by molar-refractivity contribution is 14.1. The lowest BCUT2D eigenvalue weighted by molar-refractivity contribution is -0.136. The van der Waals surface area contributed by atoms with Crippen molar-refractivity contribution in [3.05, 3.63) is 146 Å². The van der Waals surface area contributed by atoms with E-state index in [4.69, 9.17) is 9.84 Å². The first-order valence-electron chi connectivity index (χ1n) is 19.2. The average Bonchev–Trinajstić information content (AvgIpc) is 3.55. The Kier molecular flexibility index (Phi) is 34.4. The third-order valence-corrected chi connectivity index (χ3v) is 9.01. The maximum atomic E-state index is 10.3. The molecule has 1 saturated heterocycles. The van der Waals surface area contributed by atoms with Gasteiger partial charge < -0.3 is 9.84 Å². The van der Waals surface area contributed by atoms with Gasteiger partial charge in [0.15, 0.2) is 0 Å². The Morgan fingerprint density at radius 2 is 1.12 bits per heavy atom. The van der Waals surface area contributed by atoms with Crippen molar-refractivity contribution in [2.24, 2.45) is 11.8 Å². The Labute approximate surface area is 327 Å². The largest absolute Gasteiger partial charge is 0.494 e. The summed E-state index contributed by atoms with van der Waals surface area (Å²) in [5.74, 6) is 1.41. The number of alkyl halides is 1. The van der Waals surface area contributed by atoms with E-state index in [1.54, 1.807) is 0 Å². The molecule has 1 rings (SSSR count). The van der Waals surface area contributed by atoms with Crippen molar-refractivity contribution in [3.63, 3.8) is 0 Å². The Hall–Kier alpha value is -3.12. The Morgan fingerprint density at radius 1 is 0.686 bits per heavy atom. The molecule has 1 aliphatic heterocycles. The minimum absolute atomic E-state index is 0.209. The van der Waals surface area contributed by atoms with Crippen LogP contribution in [-0.2, 0) is 9.53 Å². The first kappa shape index (κ1) is 47.9. The van der Waals surface area contributed by atoms with Gasteiger partial charge in [-0.15, -0.1) is 0 Å². The lowest BCUT2D eigenvalue weighted by Gasteiger charge is -2.15. The van der Waals surface area contributed by atoms with Crippen molar-refractivity contribution in [1.82, 2.24) is 0 Å². The molecule has 282 valence electrons. The lowest BCUT2D eigenvalue weighted by Crippen LogP contribution is -2.17. The van der Waals surface area contributed by atoms with Crippen LogP contribution in [0.25, 0.3) is 0 Å². The molecule has 1 aliphatic rings. The van der Waals surface area contributed by atoms with Crippen LogP contribution in [0.4, 0.5) is 0 Å². The lowest BCUT2D eigenvalue weighted by atomic mass is 10.1. The van der Waals surface area contributed by atoms with Crippen molar-refractivity contribution >= 4 is 28.6 Å². The predicted octanol–water partition coefficient (Wildman–Crippen LogP) is 14.7. The summed E-state index contributed by atoms with van der Waals surface area (Å²) < 4.78 is 6.28. The second-order valence-corrected chi connectivity index (χ2v) is 14.4. The number of halogens is 1. The van der Waals surface area contributed by atoms with Crippen LogP contribution >= 0.6 is 22.6 Å². The highest BCUT2D eigenvalue weighted by Gasteiger charge is 2.25. The van der Waals surface area contributed by atoms with Gasteiger partial charge >= 0.3 is 5.97 Å². The van der Waals surface area contributed by atoms with E-state index in [0.29, 0.717) is 28.3 Å². The van der Waals surface area contributed by atoms with Crippen LogP contribution in [0.5, 0.6) is 0 Å². The van der Waals surface area contributed by atoms with Crippen molar-refractivity contribution in [3.8, 4) is 0 Å². The number of ether oxygens (including phenoxy) is 1. The number of aliphatic carboxylic acids is 1. The van der Waals surface area contributed by atoms with Gasteiger partial charge in [0.1, 0.15) is 6.10 Å². The number of hydrogen-bond donors (Lipinski definition) is 1. The number of allylic oxidation sites excluding steroid dienone is 23. The standard InChI is InChI=1S/C24H35IO.C23H34O2/c1-4-5-13-16-21(2)17-14-11-9-7-6-8-10-12-15-18-23(25)24-20-19-22(3)26-24;1-3-4-16-19-22(2)20-17-14-12-10-8-6-5-7-9-11-13-15-18-21-23(24)25/h5-6,8-9,11-15,17,21,23-24H,3-4,7,10,16,18-20H2,1-2H3;4,6-9,12-17,20,22H,3,5,10-11,18-19,21H2,1-2H3,(H,24,25)/b8-6-,11-9-,13-5-,15-12-,17-14+;8-6-,9-7-,14-12-,15-13-,16-4-,20-17+/t21-,23?,24?;22-/m00/s1. The van der Waals surface area contributed by atoms with Gasteiger partial charge in [-0.2, -0.15) is 0 Å². The smallest absolute Gasteiger partial charge is 0.303 e. The SMILES string of the molecule is C=C1CCC(C(I)C/C=C\C/C=C\C/C=C\C=C\[C@@H](C)C/C=C\CC)O1.CC/C=C\C[C@H](C)/C=C/C=C\C/C=C\C/C=C\C/C=C\CCC(=O)O. The maximum Gasteiger partial charge on any atom is 0.303 e. The van der Waals surface area contributed by atoms with Crippen LogP contribution in [0, 0.1) is 11.8 Å². The topological polar surface area (TPSA) is 46.5 Å². The summed E-state index contributed by atoms with van der Waals surface area (Å²) in [7, 11) is 0. The Balaban J connectivity index is 0.000000982. The van der Waals surface area contributed by atoms with Crippen molar-refractivity contribution in [2.75, 3.05) is 0 Å². The molecule has 1 N–H and O–H groups in total. The molecule has 0 spiro atoms. The van der Waals surface area contributed by atoms with E-state index in [-0.39, 0.29) is 6.42 Å². The van der Waals surface area contributed by atoms with Gasteiger partial charge in [0.05, 0.1) is 9.68 Å². The molecule has 1 heterocycles. The van der Waals surface area contributed by atoms with Crippen molar-refractivity contribution < 1.29 is 14.6 Å². The van der Waals surface area contributed by atoms with E-state index in [9.17, 15) is 4.79 Å². The highest BCUT2D eigenvalue weighted by atomic mass is 127. The molecule has 2 unspecified atom stereocenters. The Morgan fingerprint density at radius 3 is 1.55 bits per heavy atom. The molecule has 0 aliphatic carbocycles. The number of hydrogen-bond acceptors (Lipinski definition) is 2. The third kappa shape index (κ3) is 35.1. The molecule has 0 aromatic rings. The normalized spacial score (nSPS) is 17.7.